The van der Waals surface area contributed by atoms with Crippen molar-refractivity contribution in [3.05, 3.63) is 71.3 Å². The minimum Gasteiger partial charge on any atom is -0.349 e. The van der Waals surface area contributed by atoms with Crippen molar-refractivity contribution in [2.45, 2.75) is 38.1 Å². The third-order valence-corrected chi connectivity index (χ3v) is 5.07. The molecule has 3 N–H and O–H groups in total. The Bertz CT molecular complexity index is 669. The highest BCUT2D eigenvalue weighted by Gasteiger charge is 2.28. The highest BCUT2D eigenvalue weighted by molar-refractivity contribution is 5.95. The van der Waals surface area contributed by atoms with Crippen LogP contribution in [0.15, 0.2) is 54.6 Å². The fraction of sp³-hybridized carbons (Fsp3) is 0.381. The SMILES string of the molecule is NCC1CCCC1NC(=O)c1ccccc1CCc1ccccc1. The molecule has 1 saturated carbocycles. The summed E-state index contributed by atoms with van der Waals surface area (Å²) in [5, 5.41) is 3.22. The van der Waals surface area contributed by atoms with Gasteiger partial charge in [-0.1, -0.05) is 55.0 Å². The molecule has 2 aromatic carbocycles. The van der Waals surface area contributed by atoms with Crippen LogP contribution in [0.2, 0.25) is 0 Å². The maximum atomic E-state index is 12.7. The lowest BCUT2D eigenvalue weighted by atomic mass is 9.98. The Morgan fingerprint density at radius 3 is 2.54 bits per heavy atom. The summed E-state index contributed by atoms with van der Waals surface area (Å²) in [7, 11) is 0. The molecular formula is C21H26N2O. The first-order valence-electron chi connectivity index (χ1n) is 8.90. The molecule has 1 aliphatic rings. The Morgan fingerprint density at radius 1 is 1.00 bits per heavy atom. The van der Waals surface area contributed by atoms with Crippen LogP contribution in [0, 0.1) is 5.92 Å². The Hall–Kier alpha value is -2.13. The first kappa shape index (κ1) is 16.7. The molecule has 0 spiro atoms. The molecule has 1 fully saturated rings. The van der Waals surface area contributed by atoms with Crippen LogP contribution >= 0.6 is 0 Å². The predicted octanol–water partition coefficient (Wildman–Crippen LogP) is 3.33. The summed E-state index contributed by atoms with van der Waals surface area (Å²) in [6.45, 7) is 0.653. The van der Waals surface area contributed by atoms with Gasteiger partial charge in [0, 0.05) is 11.6 Å². The molecule has 1 aliphatic carbocycles. The average molecular weight is 322 g/mol. The summed E-state index contributed by atoms with van der Waals surface area (Å²) in [5.41, 5.74) is 9.04. The summed E-state index contributed by atoms with van der Waals surface area (Å²) < 4.78 is 0. The number of carbonyl (C=O) groups excluding carboxylic acids is 1. The second-order valence-corrected chi connectivity index (χ2v) is 6.65. The van der Waals surface area contributed by atoms with Gasteiger partial charge in [0.2, 0.25) is 0 Å². The smallest absolute Gasteiger partial charge is 0.251 e. The van der Waals surface area contributed by atoms with Crippen LogP contribution < -0.4 is 11.1 Å². The zero-order chi connectivity index (χ0) is 16.8. The maximum absolute atomic E-state index is 12.7. The van der Waals surface area contributed by atoms with Crippen LogP contribution in [-0.4, -0.2) is 18.5 Å². The molecule has 3 heteroatoms. The second-order valence-electron chi connectivity index (χ2n) is 6.65. The second kappa shape index (κ2) is 8.11. The van der Waals surface area contributed by atoms with E-state index >= 15 is 0 Å². The average Bonchev–Trinajstić information content (AvgIpc) is 3.08. The quantitative estimate of drug-likeness (QED) is 0.857. The van der Waals surface area contributed by atoms with E-state index in [-0.39, 0.29) is 11.9 Å². The van der Waals surface area contributed by atoms with E-state index in [0.29, 0.717) is 12.5 Å². The van der Waals surface area contributed by atoms with Crippen molar-refractivity contribution in [3.8, 4) is 0 Å². The van der Waals surface area contributed by atoms with Crippen molar-refractivity contribution in [2.24, 2.45) is 11.7 Å². The zero-order valence-electron chi connectivity index (χ0n) is 14.1. The monoisotopic (exact) mass is 322 g/mol. The minimum atomic E-state index is 0.0454. The van der Waals surface area contributed by atoms with Gasteiger partial charge < -0.3 is 11.1 Å². The number of hydrogen-bond donors (Lipinski definition) is 2. The van der Waals surface area contributed by atoms with Crippen LogP contribution in [-0.2, 0) is 12.8 Å². The molecule has 0 radical (unpaired) electrons. The lowest BCUT2D eigenvalue weighted by Gasteiger charge is -2.20. The molecule has 1 amide bonds. The van der Waals surface area contributed by atoms with Gasteiger partial charge in [-0.3, -0.25) is 4.79 Å². The third kappa shape index (κ3) is 4.04. The number of rotatable bonds is 6. The highest BCUT2D eigenvalue weighted by Crippen LogP contribution is 2.25. The summed E-state index contributed by atoms with van der Waals surface area (Å²) >= 11 is 0. The first-order chi connectivity index (χ1) is 11.8. The lowest BCUT2D eigenvalue weighted by molar-refractivity contribution is 0.0928. The minimum absolute atomic E-state index is 0.0454. The van der Waals surface area contributed by atoms with Gasteiger partial charge in [0.15, 0.2) is 0 Å². The third-order valence-electron chi connectivity index (χ3n) is 5.07. The van der Waals surface area contributed by atoms with Crippen molar-refractivity contribution in [3.63, 3.8) is 0 Å². The molecule has 0 aromatic heterocycles. The van der Waals surface area contributed by atoms with E-state index in [1.807, 2.05) is 24.3 Å². The zero-order valence-corrected chi connectivity index (χ0v) is 14.1. The van der Waals surface area contributed by atoms with E-state index < -0.39 is 0 Å². The van der Waals surface area contributed by atoms with Crippen LogP contribution in [0.3, 0.4) is 0 Å². The Kier molecular flexibility index (Phi) is 5.65. The van der Waals surface area contributed by atoms with Gasteiger partial charge in [0.25, 0.3) is 5.91 Å². The van der Waals surface area contributed by atoms with Crippen molar-refractivity contribution >= 4 is 5.91 Å². The molecule has 3 rings (SSSR count). The van der Waals surface area contributed by atoms with Crippen LogP contribution in [0.25, 0.3) is 0 Å². The summed E-state index contributed by atoms with van der Waals surface area (Å²) in [5.74, 6) is 0.467. The van der Waals surface area contributed by atoms with Gasteiger partial charge in [0.05, 0.1) is 0 Å². The van der Waals surface area contributed by atoms with E-state index in [1.54, 1.807) is 0 Å². The molecule has 0 bridgehead atoms. The fourth-order valence-corrected chi connectivity index (χ4v) is 3.64. The number of nitrogens with one attached hydrogen (secondary N) is 1. The van der Waals surface area contributed by atoms with E-state index in [0.717, 1.165) is 43.2 Å². The molecule has 0 saturated heterocycles. The number of nitrogens with two attached hydrogens (primary N) is 1. The van der Waals surface area contributed by atoms with Crippen LogP contribution in [0.5, 0.6) is 0 Å². The molecule has 126 valence electrons. The molecule has 3 nitrogen and oxygen atoms in total. The number of hydrogen-bond acceptors (Lipinski definition) is 2. The Morgan fingerprint density at radius 2 is 1.75 bits per heavy atom. The lowest BCUT2D eigenvalue weighted by Crippen LogP contribution is -2.40. The molecule has 2 unspecified atom stereocenters. The molecular weight excluding hydrogens is 296 g/mol. The first-order valence-corrected chi connectivity index (χ1v) is 8.90. The van der Waals surface area contributed by atoms with Crippen molar-refractivity contribution in [1.29, 1.82) is 0 Å². The number of amides is 1. The largest absolute Gasteiger partial charge is 0.349 e. The molecule has 0 aliphatic heterocycles. The Balaban J connectivity index is 1.68. The molecule has 2 atom stereocenters. The van der Waals surface area contributed by atoms with Gasteiger partial charge in [-0.15, -0.1) is 0 Å². The van der Waals surface area contributed by atoms with Gasteiger partial charge in [0.1, 0.15) is 0 Å². The topological polar surface area (TPSA) is 55.1 Å². The number of benzene rings is 2. The van der Waals surface area contributed by atoms with Crippen molar-refractivity contribution in [1.82, 2.24) is 5.32 Å². The van der Waals surface area contributed by atoms with E-state index in [1.165, 1.54) is 5.56 Å². The normalized spacial score (nSPS) is 20.0. The van der Waals surface area contributed by atoms with Crippen molar-refractivity contribution in [2.75, 3.05) is 6.54 Å². The van der Waals surface area contributed by atoms with Gasteiger partial charge in [-0.05, 0) is 55.3 Å². The van der Waals surface area contributed by atoms with Gasteiger partial charge in [-0.2, -0.15) is 0 Å². The van der Waals surface area contributed by atoms with Crippen LogP contribution in [0.4, 0.5) is 0 Å². The van der Waals surface area contributed by atoms with E-state index in [4.69, 9.17) is 5.73 Å². The number of carbonyl (C=O) groups is 1. The number of aryl methyl sites for hydroxylation is 2. The van der Waals surface area contributed by atoms with Gasteiger partial charge >= 0.3 is 0 Å². The van der Waals surface area contributed by atoms with Gasteiger partial charge in [-0.25, -0.2) is 0 Å². The highest BCUT2D eigenvalue weighted by atomic mass is 16.1. The Labute approximate surface area is 144 Å². The molecule has 0 heterocycles. The maximum Gasteiger partial charge on any atom is 0.251 e. The summed E-state index contributed by atoms with van der Waals surface area (Å²) in [6.07, 6.45) is 5.14. The molecule has 2 aromatic rings. The van der Waals surface area contributed by atoms with E-state index in [2.05, 4.69) is 35.6 Å². The predicted molar refractivity (Wildman–Crippen MR) is 97.9 cm³/mol. The molecule has 24 heavy (non-hydrogen) atoms. The van der Waals surface area contributed by atoms with Crippen molar-refractivity contribution < 1.29 is 4.79 Å². The summed E-state index contributed by atoms with van der Waals surface area (Å²) in [4.78, 5) is 12.7. The summed E-state index contributed by atoms with van der Waals surface area (Å²) in [6, 6.07) is 18.6. The standard InChI is InChI=1S/C21H26N2O/c22-15-18-10-6-12-20(18)23-21(24)19-11-5-4-9-17(19)14-13-16-7-2-1-3-8-16/h1-5,7-9,11,18,20H,6,10,12-15,22H2,(H,23,24). The fourth-order valence-electron chi connectivity index (χ4n) is 3.64. The van der Waals surface area contributed by atoms with Crippen LogP contribution in [0.1, 0.15) is 40.7 Å². The van der Waals surface area contributed by atoms with E-state index in [9.17, 15) is 4.79 Å².